The number of rotatable bonds is 4. The number of hydrogen-bond donors (Lipinski definition) is 0. The molecule has 1 saturated heterocycles. The second kappa shape index (κ2) is 7.94. The van der Waals surface area contributed by atoms with Crippen LogP contribution in [0.4, 0.5) is 0 Å². The molecule has 1 fully saturated rings. The van der Waals surface area contributed by atoms with Gasteiger partial charge in [0.05, 0.1) is 19.9 Å². The quantitative estimate of drug-likeness (QED) is 0.611. The Morgan fingerprint density at radius 3 is 2.56 bits per heavy atom. The van der Waals surface area contributed by atoms with Crippen molar-refractivity contribution in [1.82, 2.24) is 19.2 Å². The lowest BCUT2D eigenvalue weighted by atomic mass is 10.2. The summed E-state index contributed by atoms with van der Waals surface area (Å²) in [5.74, 6) is 0.791. The van der Waals surface area contributed by atoms with Gasteiger partial charge in [0.2, 0.25) is 4.77 Å². The molecule has 0 bridgehead atoms. The molecule has 0 N–H and O–H groups in total. The molecule has 0 amide bonds. The van der Waals surface area contributed by atoms with Gasteiger partial charge in [-0.3, -0.25) is 9.47 Å². The summed E-state index contributed by atoms with van der Waals surface area (Å²) in [7, 11) is 0. The van der Waals surface area contributed by atoms with Gasteiger partial charge in [0.1, 0.15) is 0 Å². The third-order valence-corrected chi connectivity index (χ3v) is 5.28. The Morgan fingerprint density at radius 2 is 1.85 bits per heavy atom. The highest BCUT2D eigenvalue weighted by Gasteiger charge is 2.18. The Hall–Kier alpha value is -1.99. The molecule has 27 heavy (non-hydrogen) atoms. The number of hydrogen-bond acceptors (Lipinski definition) is 4. The predicted octanol–water partition coefficient (Wildman–Crippen LogP) is 4.32. The number of ether oxygens (including phenoxy) is 1. The fourth-order valence-electron chi connectivity index (χ4n) is 3.17. The third kappa shape index (κ3) is 3.99. The molecule has 1 aromatic heterocycles. The Balaban J connectivity index is 1.81. The summed E-state index contributed by atoms with van der Waals surface area (Å²) in [6, 6.07) is 16.0. The van der Waals surface area contributed by atoms with Crippen molar-refractivity contribution in [2.75, 3.05) is 26.3 Å². The Labute approximate surface area is 168 Å². The molecule has 0 aliphatic carbocycles. The average molecular weight is 401 g/mol. The Kier molecular flexibility index (Phi) is 5.41. The van der Waals surface area contributed by atoms with E-state index < -0.39 is 0 Å². The van der Waals surface area contributed by atoms with Crippen LogP contribution in [-0.2, 0) is 11.4 Å². The van der Waals surface area contributed by atoms with Gasteiger partial charge in [-0.15, -0.1) is 5.10 Å². The summed E-state index contributed by atoms with van der Waals surface area (Å²) in [6.45, 7) is 5.97. The summed E-state index contributed by atoms with van der Waals surface area (Å²) in [4.78, 5) is 2.30. The monoisotopic (exact) mass is 400 g/mol. The van der Waals surface area contributed by atoms with E-state index >= 15 is 0 Å². The van der Waals surface area contributed by atoms with Crippen molar-refractivity contribution in [2.24, 2.45) is 0 Å². The molecular formula is C20H21ClN4OS. The van der Waals surface area contributed by atoms with Crippen molar-refractivity contribution in [1.29, 1.82) is 0 Å². The molecule has 0 spiro atoms. The van der Waals surface area contributed by atoms with Crippen LogP contribution in [0.2, 0.25) is 5.02 Å². The van der Waals surface area contributed by atoms with Crippen LogP contribution in [0.15, 0.2) is 48.5 Å². The number of aromatic nitrogens is 3. The standard InChI is InChI=1S/C20H21ClN4OS/c1-15-5-7-18(8-6-15)25-19(16-3-2-4-17(21)13-16)22-24(20(25)27)14-23-9-11-26-12-10-23/h2-8,13H,9-12,14H2,1H3. The highest BCUT2D eigenvalue weighted by atomic mass is 35.5. The number of nitrogens with zero attached hydrogens (tertiary/aromatic N) is 4. The van der Waals surface area contributed by atoms with Crippen LogP contribution >= 0.6 is 23.8 Å². The van der Waals surface area contributed by atoms with Crippen molar-refractivity contribution in [2.45, 2.75) is 13.6 Å². The molecule has 0 atom stereocenters. The molecule has 2 heterocycles. The van der Waals surface area contributed by atoms with Gasteiger partial charge in [0.25, 0.3) is 0 Å². The third-order valence-electron chi connectivity index (χ3n) is 4.65. The van der Waals surface area contributed by atoms with Gasteiger partial charge < -0.3 is 4.74 Å². The van der Waals surface area contributed by atoms with Crippen molar-refractivity contribution in [3.05, 3.63) is 63.9 Å². The largest absolute Gasteiger partial charge is 0.379 e. The zero-order chi connectivity index (χ0) is 18.8. The number of morpholine rings is 1. The van der Waals surface area contributed by atoms with Crippen LogP contribution in [-0.4, -0.2) is 45.6 Å². The van der Waals surface area contributed by atoms with Crippen LogP contribution in [0.3, 0.4) is 0 Å². The van der Waals surface area contributed by atoms with Gasteiger partial charge in [0, 0.05) is 29.4 Å². The first-order valence-corrected chi connectivity index (χ1v) is 9.73. The summed E-state index contributed by atoms with van der Waals surface area (Å²) in [5.41, 5.74) is 3.14. The van der Waals surface area contributed by atoms with E-state index in [-0.39, 0.29) is 0 Å². The molecule has 1 aliphatic rings. The summed E-state index contributed by atoms with van der Waals surface area (Å²) >= 11 is 12.0. The molecular weight excluding hydrogens is 380 g/mol. The SMILES string of the molecule is Cc1ccc(-n2c(-c3cccc(Cl)c3)nn(CN3CCOCC3)c2=S)cc1. The van der Waals surface area contributed by atoms with Gasteiger partial charge in [-0.2, -0.15) is 0 Å². The average Bonchev–Trinajstić information content (AvgIpc) is 3.00. The number of aryl methyl sites for hydroxylation is 1. The lowest BCUT2D eigenvalue weighted by Gasteiger charge is -2.26. The highest BCUT2D eigenvalue weighted by molar-refractivity contribution is 7.71. The molecule has 3 aromatic rings. The topological polar surface area (TPSA) is 35.2 Å². The second-order valence-corrected chi connectivity index (χ2v) is 7.46. The van der Waals surface area contributed by atoms with Crippen LogP contribution in [0.5, 0.6) is 0 Å². The number of benzene rings is 2. The minimum absolute atomic E-state index is 0.647. The van der Waals surface area contributed by atoms with Crippen LogP contribution in [0, 0.1) is 11.7 Å². The van der Waals surface area contributed by atoms with Crippen molar-refractivity contribution >= 4 is 23.8 Å². The first-order valence-electron chi connectivity index (χ1n) is 8.95. The van der Waals surface area contributed by atoms with E-state index in [1.165, 1.54) is 5.56 Å². The van der Waals surface area contributed by atoms with E-state index in [0.717, 1.165) is 43.4 Å². The molecule has 140 valence electrons. The predicted molar refractivity (Wildman–Crippen MR) is 110 cm³/mol. The van der Waals surface area contributed by atoms with E-state index in [1.54, 1.807) is 0 Å². The Bertz CT molecular complexity index is 990. The zero-order valence-corrected chi connectivity index (χ0v) is 16.7. The summed E-state index contributed by atoms with van der Waals surface area (Å²) in [5, 5.41) is 5.53. The summed E-state index contributed by atoms with van der Waals surface area (Å²) < 4.78 is 10.0. The molecule has 4 rings (SSSR count). The number of halogens is 1. The van der Waals surface area contributed by atoms with E-state index in [9.17, 15) is 0 Å². The van der Waals surface area contributed by atoms with Gasteiger partial charge in [-0.05, 0) is 43.4 Å². The van der Waals surface area contributed by atoms with E-state index in [2.05, 4.69) is 36.1 Å². The summed E-state index contributed by atoms with van der Waals surface area (Å²) in [6.07, 6.45) is 0. The molecule has 2 aromatic carbocycles. The van der Waals surface area contributed by atoms with Crippen LogP contribution in [0.1, 0.15) is 5.56 Å². The molecule has 7 heteroatoms. The maximum absolute atomic E-state index is 6.22. The molecule has 0 saturated carbocycles. The van der Waals surface area contributed by atoms with Gasteiger partial charge in [-0.25, -0.2) is 4.68 Å². The highest BCUT2D eigenvalue weighted by Crippen LogP contribution is 2.25. The fourth-order valence-corrected chi connectivity index (χ4v) is 3.65. The lowest BCUT2D eigenvalue weighted by Crippen LogP contribution is -2.37. The van der Waals surface area contributed by atoms with Crippen molar-refractivity contribution in [3.63, 3.8) is 0 Å². The Morgan fingerprint density at radius 1 is 1.11 bits per heavy atom. The smallest absolute Gasteiger partial charge is 0.204 e. The maximum atomic E-state index is 6.22. The fraction of sp³-hybridized carbons (Fsp3) is 0.300. The van der Waals surface area contributed by atoms with Gasteiger partial charge in [-0.1, -0.05) is 41.4 Å². The first kappa shape index (κ1) is 18.4. The van der Waals surface area contributed by atoms with E-state index in [0.29, 0.717) is 16.5 Å². The minimum Gasteiger partial charge on any atom is -0.379 e. The van der Waals surface area contributed by atoms with Gasteiger partial charge >= 0.3 is 0 Å². The van der Waals surface area contributed by atoms with Crippen LogP contribution < -0.4 is 0 Å². The van der Waals surface area contributed by atoms with Gasteiger partial charge in [0.15, 0.2) is 5.82 Å². The van der Waals surface area contributed by atoms with Crippen molar-refractivity contribution in [3.8, 4) is 17.1 Å². The molecule has 5 nitrogen and oxygen atoms in total. The molecule has 0 radical (unpaired) electrons. The maximum Gasteiger partial charge on any atom is 0.204 e. The lowest BCUT2D eigenvalue weighted by molar-refractivity contribution is 0.0210. The van der Waals surface area contributed by atoms with Crippen molar-refractivity contribution < 1.29 is 4.74 Å². The minimum atomic E-state index is 0.647. The normalized spacial score (nSPS) is 15.2. The second-order valence-electron chi connectivity index (χ2n) is 6.66. The van der Waals surface area contributed by atoms with E-state index in [4.69, 9.17) is 33.7 Å². The zero-order valence-electron chi connectivity index (χ0n) is 15.1. The van der Waals surface area contributed by atoms with Crippen LogP contribution in [0.25, 0.3) is 17.1 Å². The molecule has 1 aliphatic heterocycles. The first-order chi connectivity index (χ1) is 13.1. The molecule has 0 unspecified atom stereocenters. The van der Waals surface area contributed by atoms with E-state index in [1.807, 2.05) is 33.5 Å².